The van der Waals surface area contributed by atoms with E-state index in [-0.39, 0.29) is 25.1 Å². The van der Waals surface area contributed by atoms with Crippen LogP contribution in [0.25, 0.3) is 22.2 Å². The molecule has 3 amide bonds. The Morgan fingerprint density at radius 3 is 2.37 bits per heavy atom. The lowest BCUT2D eigenvalue weighted by Gasteiger charge is -2.36. The van der Waals surface area contributed by atoms with Gasteiger partial charge in [0.2, 0.25) is 21.8 Å². The van der Waals surface area contributed by atoms with E-state index in [1.54, 1.807) is 59.1 Å². The number of halogens is 3. The van der Waals surface area contributed by atoms with Gasteiger partial charge < -0.3 is 25.0 Å². The molecular formula is C46H52F3N5O7S. The van der Waals surface area contributed by atoms with Crippen LogP contribution in [0.3, 0.4) is 0 Å². The topological polar surface area (TPSA) is 156 Å². The van der Waals surface area contributed by atoms with E-state index in [4.69, 9.17) is 14.5 Å². The zero-order chi connectivity index (χ0) is 45.0. The predicted molar refractivity (Wildman–Crippen MR) is 230 cm³/mol. The summed E-state index contributed by atoms with van der Waals surface area (Å²) in [6.45, 7) is 11.7. The lowest BCUT2D eigenvalue weighted by Crippen LogP contribution is -2.59. The average Bonchev–Trinajstić information content (AvgIpc) is 4.12. The number of hydrogen-bond donors (Lipinski definition) is 3. The van der Waals surface area contributed by atoms with Crippen molar-refractivity contribution in [3.8, 4) is 22.8 Å². The van der Waals surface area contributed by atoms with Crippen LogP contribution in [-0.4, -0.2) is 78.2 Å². The predicted octanol–water partition coefficient (Wildman–Crippen LogP) is 7.49. The Morgan fingerprint density at radius 1 is 1.05 bits per heavy atom. The van der Waals surface area contributed by atoms with Gasteiger partial charge in [-0.3, -0.25) is 19.1 Å². The fourth-order valence-electron chi connectivity index (χ4n) is 7.90. The highest BCUT2D eigenvalue weighted by molar-refractivity contribution is 7.91. The number of sulfonamides is 1. The Labute approximate surface area is 359 Å². The van der Waals surface area contributed by atoms with E-state index in [9.17, 15) is 36.0 Å². The lowest BCUT2D eigenvalue weighted by atomic mass is 9.85. The Morgan fingerprint density at radius 2 is 1.76 bits per heavy atom. The first-order valence-corrected chi connectivity index (χ1v) is 22.1. The zero-order valence-corrected chi connectivity index (χ0v) is 36.4. The molecule has 3 aromatic carbocycles. The molecule has 7 rings (SSSR count). The van der Waals surface area contributed by atoms with Crippen molar-refractivity contribution in [2.45, 2.75) is 101 Å². The standard InChI is InChI=1S/C46H52F3N5O7S/c1-8-28-25-45(28,42(57)53-62(58,59)44(6)17-18-44)52-40(55)37-23-33(61-38-24-35(27-13-11-10-12-14-27)51-36-22-32(60-7)15-16-34(36)38)26-54(37)41(56)39(43(3,4)5)50-31-20-29(19-30(47)21-31)46(48,49)9-2/h8,10-16,19-22,24,28,33,37,39,50H,1,9,17-18,23,25-26H2,2-7H3,(H,52,55)(H,53,57). The molecule has 62 heavy (non-hydrogen) atoms. The van der Waals surface area contributed by atoms with Crippen molar-refractivity contribution in [2.75, 3.05) is 19.0 Å². The molecule has 5 unspecified atom stereocenters. The summed E-state index contributed by atoms with van der Waals surface area (Å²) in [4.78, 5) is 49.6. The third-order valence-corrected chi connectivity index (χ3v) is 14.4. The molecule has 3 fully saturated rings. The van der Waals surface area contributed by atoms with Crippen molar-refractivity contribution < 1.29 is 45.4 Å². The van der Waals surface area contributed by atoms with Crippen molar-refractivity contribution in [2.24, 2.45) is 11.3 Å². The summed E-state index contributed by atoms with van der Waals surface area (Å²) in [5.74, 6) is -6.15. The third kappa shape index (κ3) is 8.70. The van der Waals surface area contributed by atoms with Crippen molar-refractivity contribution in [3.05, 3.63) is 96.8 Å². The van der Waals surface area contributed by atoms with Gasteiger partial charge in [0, 0.05) is 53.1 Å². The second-order valence-corrected chi connectivity index (χ2v) is 20.1. The van der Waals surface area contributed by atoms with Crippen LogP contribution < -0.4 is 24.8 Å². The highest BCUT2D eigenvalue weighted by Gasteiger charge is 2.63. The first-order valence-electron chi connectivity index (χ1n) is 20.6. The smallest absolute Gasteiger partial charge is 0.273 e. The summed E-state index contributed by atoms with van der Waals surface area (Å²) in [7, 11) is -2.53. The molecule has 5 atom stereocenters. The van der Waals surface area contributed by atoms with E-state index in [0.29, 0.717) is 40.9 Å². The summed E-state index contributed by atoms with van der Waals surface area (Å²) < 4.78 is 84.1. The lowest BCUT2D eigenvalue weighted by molar-refractivity contribution is -0.141. The van der Waals surface area contributed by atoms with Gasteiger partial charge in [-0.25, -0.2) is 26.6 Å². The Hall–Kier alpha value is -5.64. The van der Waals surface area contributed by atoms with Crippen LogP contribution in [0.1, 0.15) is 72.3 Å². The molecule has 3 aliphatic rings. The number of ether oxygens (including phenoxy) is 2. The van der Waals surface area contributed by atoms with Gasteiger partial charge in [-0.2, -0.15) is 0 Å². The number of nitrogens with one attached hydrogen (secondary N) is 3. The summed E-state index contributed by atoms with van der Waals surface area (Å²) in [5, 5.41) is 6.42. The molecule has 3 N–H and O–H groups in total. The highest BCUT2D eigenvalue weighted by Crippen LogP contribution is 2.47. The van der Waals surface area contributed by atoms with E-state index >= 15 is 0 Å². The van der Waals surface area contributed by atoms with Gasteiger partial charge in [0.15, 0.2) is 0 Å². The molecule has 0 bridgehead atoms. The molecule has 1 aliphatic heterocycles. The fraction of sp³-hybridized carbons (Fsp3) is 0.435. The highest BCUT2D eigenvalue weighted by atomic mass is 32.2. The molecule has 2 heterocycles. The van der Waals surface area contributed by atoms with Gasteiger partial charge in [-0.15, -0.1) is 6.58 Å². The SMILES string of the molecule is C=CC1CC1(NC(=O)C1CC(Oc2cc(-c3ccccc3)nc3cc(OC)ccc23)CN1C(=O)C(Nc1cc(F)cc(C(F)(F)CC)c1)C(C)(C)C)C(=O)NS(=O)(=O)C1(C)CC1. The van der Waals surface area contributed by atoms with E-state index < -0.39 is 91.3 Å². The first kappa shape index (κ1) is 44.4. The molecule has 4 aromatic rings. The number of carbonyl (C=O) groups is 3. The van der Waals surface area contributed by atoms with Crippen LogP contribution in [0.4, 0.5) is 18.9 Å². The Kier molecular flexibility index (Phi) is 11.6. The molecule has 1 saturated heterocycles. The number of rotatable bonds is 15. The summed E-state index contributed by atoms with van der Waals surface area (Å²) in [5.41, 5.74) is -1.24. The number of nitrogens with zero attached hydrogens (tertiary/aromatic N) is 2. The minimum absolute atomic E-state index is 0.0606. The van der Waals surface area contributed by atoms with Crippen LogP contribution >= 0.6 is 0 Å². The first-order chi connectivity index (χ1) is 29.1. The van der Waals surface area contributed by atoms with Crippen molar-refractivity contribution in [3.63, 3.8) is 0 Å². The second-order valence-electron chi connectivity index (χ2n) is 17.9. The van der Waals surface area contributed by atoms with Gasteiger partial charge >= 0.3 is 0 Å². The minimum Gasteiger partial charge on any atom is -0.497 e. The molecule has 1 aromatic heterocycles. The molecule has 0 spiro atoms. The van der Waals surface area contributed by atoms with Crippen molar-refractivity contribution in [1.29, 1.82) is 0 Å². The third-order valence-electron chi connectivity index (χ3n) is 12.3. The van der Waals surface area contributed by atoms with Gasteiger partial charge in [0.1, 0.15) is 41.0 Å². The molecule has 0 radical (unpaired) electrons. The Bertz CT molecular complexity index is 2530. The number of anilines is 1. The van der Waals surface area contributed by atoms with E-state index in [1.807, 2.05) is 30.3 Å². The molecule has 2 aliphatic carbocycles. The minimum atomic E-state index is -4.07. The summed E-state index contributed by atoms with van der Waals surface area (Å²) in [6, 6.07) is 17.0. The molecule has 2 saturated carbocycles. The van der Waals surface area contributed by atoms with E-state index in [0.717, 1.165) is 23.8 Å². The number of likely N-dealkylation sites (tertiary alicyclic amines) is 1. The monoisotopic (exact) mass is 875 g/mol. The van der Waals surface area contributed by atoms with E-state index in [1.165, 1.54) is 17.9 Å². The molecule has 12 nitrogen and oxygen atoms in total. The van der Waals surface area contributed by atoms with Crippen LogP contribution in [0.2, 0.25) is 0 Å². The fourth-order valence-corrected chi connectivity index (χ4v) is 9.21. The number of fused-ring (bicyclic) bond motifs is 1. The van der Waals surface area contributed by atoms with Gasteiger partial charge in [-0.1, -0.05) is 64.1 Å². The number of carbonyl (C=O) groups excluding carboxylic acids is 3. The number of alkyl halides is 2. The largest absolute Gasteiger partial charge is 0.497 e. The normalized spacial score (nSPS) is 22.3. The second kappa shape index (κ2) is 16.2. The number of pyridine rings is 1. The van der Waals surface area contributed by atoms with Crippen LogP contribution in [0.5, 0.6) is 11.5 Å². The number of benzene rings is 3. The maximum atomic E-state index is 15.0. The molecule has 16 heteroatoms. The van der Waals surface area contributed by atoms with Crippen molar-refractivity contribution in [1.82, 2.24) is 19.9 Å². The zero-order valence-electron chi connectivity index (χ0n) is 35.6. The van der Waals surface area contributed by atoms with E-state index in [2.05, 4.69) is 21.9 Å². The Balaban J connectivity index is 1.25. The number of aromatic nitrogens is 1. The number of methoxy groups -OCH3 is 1. The van der Waals surface area contributed by atoms with Crippen molar-refractivity contribution >= 4 is 44.3 Å². The van der Waals surface area contributed by atoms with Crippen LogP contribution in [-0.2, 0) is 30.3 Å². The number of amides is 3. The quantitative estimate of drug-likeness (QED) is 0.103. The molecule has 330 valence electrons. The van der Waals surface area contributed by atoms with Crippen LogP contribution in [0.15, 0.2) is 85.5 Å². The molecular weight excluding hydrogens is 824 g/mol. The maximum absolute atomic E-state index is 15.0. The summed E-state index contributed by atoms with van der Waals surface area (Å²) in [6.07, 6.45) is 0.861. The average molecular weight is 876 g/mol. The number of hydrogen-bond acceptors (Lipinski definition) is 9. The van der Waals surface area contributed by atoms with Gasteiger partial charge in [0.25, 0.3) is 11.8 Å². The maximum Gasteiger partial charge on any atom is 0.273 e. The van der Waals surface area contributed by atoms with Gasteiger partial charge in [-0.05, 0) is 61.9 Å². The van der Waals surface area contributed by atoms with Crippen LogP contribution in [0, 0.1) is 17.2 Å². The summed E-state index contributed by atoms with van der Waals surface area (Å²) >= 11 is 0. The van der Waals surface area contributed by atoms with Gasteiger partial charge in [0.05, 0.1) is 29.6 Å².